The molecule has 18 heavy (non-hydrogen) atoms. The van der Waals surface area contributed by atoms with Crippen LogP contribution in [0, 0.1) is 5.41 Å². The van der Waals surface area contributed by atoms with Crippen LogP contribution in [0.15, 0.2) is 23.2 Å². The maximum absolute atomic E-state index is 11.5. The summed E-state index contributed by atoms with van der Waals surface area (Å²) in [5, 5.41) is 11.7. The fraction of sp³-hybridized carbons (Fsp3) is 0.455. The van der Waals surface area contributed by atoms with E-state index < -0.39 is 21.2 Å². The van der Waals surface area contributed by atoms with Crippen molar-refractivity contribution in [3.8, 4) is 0 Å². The summed E-state index contributed by atoms with van der Waals surface area (Å²) in [5.74, 6) is -0.791. The van der Waals surface area contributed by atoms with Crippen molar-refractivity contribution in [2.75, 3.05) is 18.1 Å². The molecule has 0 aromatic carbocycles. The lowest BCUT2D eigenvalue weighted by atomic mass is 9.94. The molecule has 0 aliphatic heterocycles. The number of aliphatic carboxylic acids is 1. The summed E-state index contributed by atoms with van der Waals surface area (Å²) in [7, 11) is -3.39. The molecule has 0 atom stereocenters. The highest BCUT2D eigenvalue weighted by Crippen LogP contribution is 2.21. The number of nitrogens with zero attached hydrogens (tertiary/aromatic N) is 1. The highest BCUT2D eigenvalue weighted by atomic mass is 32.2. The molecule has 0 radical (unpaired) electrons. The highest BCUT2D eigenvalue weighted by molar-refractivity contribution is 7.90. The Morgan fingerprint density at radius 3 is 2.61 bits per heavy atom. The lowest BCUT2D eigenvalue weighted by Gasteiger charge is -2.20. The summed E-state index contributed by atoms with van der Waals surface area (Å²) in [6.45, 7) is 3.18. The topological polar surface area (TPSA) is 96.4 Å². The molecule has 0 saturated heterocycles. The second kappa shape index (κ2) is 4.93. The predicted octanol–water partition coefficient (Wildman–Crippen LogP) is 1.01. The zero-order valence-corrected chi connectivity index (χ0v) is 11.3. The van der Waals surface area contributed by atoms with E-state index >= 15 is 0 Å². The van der Waals surface area contributed by atoms with E-state index in [1.54, 1.807) is 13.8 Å². The van der Waals surface area contributed by atoms with Crippen LogP contribution in [0.1, 0.15) is 13.8 Å². The van der Waals surface area contributed by atoms with Crippen LogP contribution in [0.25, 0.3) is 0 Å². The Hall–Kier alpha value is -1.63. The van der Waals surface area contributed by atoms with Gasteiger partial charge in [0.05, 0.1) is 5.41 Å². The van der Waals surface area contributed by atoms with E-state index in [1.807, 2.05) is 0 Å². The first-order chi connectivity index (χ1) is 8.14. The van der Waals surface area contributed by atoms with Gasteiger partial charge in [-0.25, -0.2) is 13.4 Å². The molecule has 0 unspecified atom stereocenters. The Kier molecular flexibility index (Phi) is 3.95. The van der Waals surface area contributed by atoms with E-state index in [0.29, 0.717) is 0 Å². The van der Waals surface area contributed by atoms with Gasteiger partial charge in [-0.15, -0.1) is 0 Å². The normalized spacial score (nSPS) is 12.2. The van der Waals surface area contributed by atoms with Crippen molar-refractivity contribution < 1.29 is 18.3 Å². The first-order valence-electron chi connectivity index (χ1n) is 5.27. The van der Waals surface area contributed by atoms with Crippen molar-refractivity contribution in [1.29, 1.82) is 0 Å². The lowest BCUT2D eigenvalue weighted by molar-refractivity contribution is -0.146. The molecule has 0 bridgehead atoms. The number of aromatic nitrogens is 1. The molecular formula is C11H16N2O4S. The standard InChI is InChI=1S/C11H16N2O4S/c1-11(2,10(14)15)7-13-9-8(18(3,16)17)5-4-6-12-9/h4-6H,7H2,1-3H3,(H,12,13)(H,14,15). The third kappa shape index (κ3) is 3.43. The maximum Gasteiger partial charge on any atom is 0.310 e. The predicted molar refractivity (Wildman–Crippen MR) is 67.3 cm³/mol. The van der Waals surface area contributed by atoms with Gasteiger partial charge in [-0.2, -0.15) is 0 Å². The third-order valence-corrected chi connectivity index (χ3v) is 3.58. The third-order valence-electron chi connectivity index (χ3n) is 2.45. The van der Waals surface area contributed by atoms with Gasteiger partial charge in [0, 0.05) is 19.0 Å². The van der Waals surface area contributed by atoms with E-state index in [0.717, 1.165) is 6.26 Å². The molecule has 1 rings (SSSR count). The molecule has 0 saturated carbocycles. The van der Waals surface area contributed by atoms with Crippen LogP contribution >= 0.6 is 0 Å². The quantitative estimate of drug-likeness (QED) is 0.830. The molecule has 100 valence electrons. The van der Waals surface area contributed by atoms with Gasteiger partial charge in [0.2, 0.25) is 0 Å². The SMILES string of the molecule is CC(C)(CNc1ncccc1S(C)(=O)=O)C(=O)O. The zero-order chi connectivity index (χ0) is 14.0. The fourth-order valence-corrected chi connectivity index (χ4v) is 2.00. The molecule has 1 aromatic heterocycles. The van der Waals surface area contributed by atoms with Crippen LogP contribution in [0.4, 0.5) is 5.82 Å². The number of rotatable bonds is 5. The van der Waals surface area contributed by atoms with Crippen LogP contribution in [-0.4, -0.2) is 37.3 Å². The molecule has 0 aliphatic rings. The second-order valence-electron chi connectivity index (χ2n) is 4.66. The van der Waals surface area contributed by atoms with Crippen LogP contribution in [-0.2, 0) is 14.6 Å². The Morgan fingerprint density at radius 1 is 1.50 bits per heavy atom. The van der Waals surface area contributed by atoms with E-state index in [2.05, 4.69) is 10.3 Å². The Labute approximate surface area is 106 Å². The molecule has 1 heterocycles. The minimum absolute atomic E-state index is 0.0613. The number of nitrogens with one attached hydrogen (secondary N) is 1. The number of pyridine rings is 1. The van der Waals surface area contributed by atoms with E-state index in [-0.39, 0.29) is 17.3 Å². The summed E-state index contributed by atoms with van der Waals surface area (Å²) in [6.07, 6.45) is 2.53. The van der Waals surface area contributed by atoms with E-state index in [9.17, 15) is 13.2 Å². The van der Waals surface area contributed by atoms with Crippen molar-refractivity contribution in [3.05, 3.63) is 18.3 Å². The summed E-state index contributed by atoms with van der Waals surface area (Å²) in [5.41, 5.74) is -1.01. The van der Waals surface area contributed by atoms with E-state index in [4.69, 9.17) is 5.11 Å². The largest absolute Gasteiger partial charge is 0.481 e. The van der Waals surface area contributed by atoms with Gasteiger partial charge in [-0.05, 0) is 26.0 Å². The number of carbonyl (C=O) groups is 1. The summed E-state index contributed by atoms with van der Waals surface area (Å²) < 4.78 is 23.0. The molecule has 6 nitrogen and oxygen atoms in total. The van der Waals surface area contributed by atoms with Crippen LogP contribution < -0.4 is 5.32 Å². The molecule has 0 spiro atoms. The monoisotopic (exact) mass is 272 g/mol. The number of anilines is 1. The van der Waals surface area contributed by atoms with Crippen molar-refractivity contribution in [1.82, 2.24) is 4.98 Å². The van der Waals surface area contributed by atoms with Crippen molar-refractivity contribution >= 4 is 21.6 Å². The molecular weight excluding hydrogens is 256 g/mol. The Balaban J connectivity index is 2.97. The molecule has 7 heteroatoms. The number of hydrogen-bond acceptors (Lipinski definition) is 5. The second-order valence-corrected chi connectivity index (χ2v) is 6.65. The lowest BCUT2D eigenvalue weighted by Crippen LogP contribution is -2.32. The van der Waals surface area contributed by atoms with Gasteiger partial charge < -0.3 is 10.4 Å². The van der Waals surface area contributed by atoms with Gasteiger partial charge in [0.15, 0.2) is 9.84 Å². The van der Waals surface area contributed by atoms with Gasteiger partial charge in [0.25, 0.3) is 0 Å². The molecule has 2 N–H and O–H groups in total. The smallest absolute Gasteiger partial charge is 0.310 e. The fourth-order valence-electron chi connectivity index (χ4n) is 1.20. The summed E-state index contributed by atoms with van der Waals surface area (Å²) in [6, 6.07) is 2.95. The molecule has 0 fully saturated rings. The van der Waals surface area contributed by atoms with Crippen LogP contribution in [0.5, 0.6) is 0 Å². The molecule has 1 aromatic rings. The Morgan fingerprint density at radius 2 is 2.11 bits per heavy atom. The minimum Gasteiger partial charge on any atom is -0.481 e. The number of carboxylic acid groups (broad SMARTS) is 1. The number of hydrogen-bond donors (Lipinski definition) is 2. The van der Waals surface area contributed by atoms with Crippen LogP contribution in [0.3, 0.4) is 0 Å². The number of carboxylic acids is 1. The van der Waals surface area contributed by atoms with Gasteiger partial charge >= 0.3 is 5.97 Å². The zero-order valence-electron chi connectivity index (χ0n) is 10.5. The van der Waals surface area contributed by atoms with Crippen LogP contribution in [0.2, 0.25) is 0 Å². The van der Waals surface area contributed by atoms with Gasteiger partial charge in [-0.1, -0.05) is 0 Å². The summed E-state index contributed by atoms with van der Waals surface area (Å²) in [4.78, 5) is 14.9. The average Bonchev–Trinajstić information content (AvgIpc) is 2.25. The summed E-state index contributed by atoms with van der Waals surface area (Å²) >= 11 is 0. The first-order valence-corrected chi connectivity index (χ1v) is 7.16. The van der Waals surface area contributed by atoms with Gasteiger partial charge in [0.1, 0.15) is 10.7 Å². The van der Waals surface area contributed by atoms with Crippen molar-refractivity contribution in [3.63, 3.8) is 0 Å². The first kappa shape index (κ1) is 14.4. The molecule has 0 aliphatic carbocycles. The Bertz CT molecular complexity index is 552. The minimum atomic E-state index is -3.39. The highest BCUT2D eigenvalue weighted by Gasteiger charge is 2.27. The molecule has 0 amide bonds. The van der Waals surface area contributed by atoms with E-state index in [1.165, 1.54) is 18.3 Å². The van der Waals surface area contributed by atoms with Crippen molar-refractivity contribution in [2.24, 2.45) is 5.41 Å². The average molecular weight is 272 g/mol. The maximum atomic E-state index is 11.5. The van der Waals surface area contributed by atoms with Crippen molar-refractivity contribution in [2.45, 2.75) is 18.7 Å². The number of sulfone groups is 1. The van der Waals surface area contributed by atoms with Gasteiger partial charge in [-0.3, -0.25) is 4.79 Å².